The molecular formula is C20H14N4O. The van der Waals surface area contributed by atoms with Crippen LogP contribution >= 0.6 is 0 Å². The van der Waals surface area contributed by atoms with Crippen molar-refractivity contribution in [3.05, 3.63) is 72.0 Å². The van der Waals surface area contributed by atoms with Crippen LogP contribution < -0.4 is 5.22 Å². The Hall–Kier alpha value is -3.47. The molecule has 5 nitrogen and oxygen atoms in total. The molecule has 1 aromatic rings. The van der Waals surface area contributed by atoms with Crippen LogP contribution in [0.1, 0.15) is 6.92 Å². The molecule has 0 aromatic heterocycles. The number of benzene rings is 1. The summed E-state index contributed by atoms with van der Waals surface area (Å²) >= 11 is 0. The topological polar surface area (TPSA) is 63.6 Å². The molecule has 0 bridgehead atoms. The van der Waals surface area contributed by atoms with Gasteiger partial charge in [-0.3, -0.25) is 19.6 Å². The second kappa shape index (κ2) is 5.01. The fourth-order valence-corrected chi connectivity index (χ4v) is 3.40. The maximum atomic E-state index is 11.7. The van der Waals surface area contributed by atoms with E-state index in [0.29, 0.717) is 0 Å². The zero-order valence-corrected chi connectivity index (χ0v) is 13.5. The number of H-pyrrole nitrogens is 1. The van der Waals surface area contributed by atoms with Crippen molar-refractivity contribution in [2.45, 2.75) is 6.92 Å². The summed E-state index contributed by atoms with van der Waals surface area (Å²) in [7, 11) is 0. The molecule has 1 aromatic carbocycles. The lowest BCUT2D eigenvalue weighted by Gasteiger charge is -2.10. The maximum absolute atomic E-state index is 11.7. The maximum Gasteiger partial charge on any atom is 0.181 e. The van der Waals surface area contributed by atoms with Crippen LogP contribution in [0.15, 0.2) is 66.8 Å². The van der Waals surface area contributed by atoms with Crippen LogP contribution in [0.25, 0.3) is 33.4 Å². The number of aromatic nitrogens is 4. The van der Waals surface area contributed by atoms with Crippen molar-refractivity contribution in [2.75, 3.05) is 0 Å². The highest BCUT2D eigenvalue weighted by Gasteiger charge is 2.17. The quantitative estimate of drug-likeness (QED) is 0.540. The van der Waals surface area contributed by atoms with Gasteiger partial charge in [-0.05, 0) is 42.4 Å². The number of allylic oxidation sites excluding steroid dienone is 4. The van der Waals surface area contributed by atoms with Crippen LogP contribution in [-0.2, 0) is 4.79 Å². The van der Waals surface area contributed by atoms with E-state index in [2.05, 4.69) is 33.3 Å². The van der Waals surface area contributed by atoms with E-state index < -0.39 is 0 Å². The first kappa shape index (κ1) is 13.9. The third-order valence-corrected chi connectivity index (χ3v) is 4.66. The summed E-state index contributed by atoms with van der Waals surface area (Å²) in [4.78, 5) is 20.5. The van der Waals surface area contributed by atoms with Crippen LogP contribution in [0.5, 0.6) is 0 Å². The molecular weight excluding hydrogens is 312 g/mol. The van der Waals surface area contributed by atoms with Gasteiger partial charge in [0.2, 0.25) is 0 Å². The standard InChI is InChI=1S/C20H14N4O/c1-12-8-13(3-7-18(12)25)16-5-6-17-19-14(9-22-20(16)19)2-4-15-10-21-11-23-24(15)17/h2-11H,1H3,(H,21,23)/b16-13-. The lowest BCUT2D eigenvalue weighted by molar-refractivity contribution is -0.111. The largest absolute Gasteiger partial charge is 0.290 e. The summed E-state index contributed by atoms with van der Waals surface area (Å²) in [5, 5.41) is 4.21. The lowest BCUT2D eigenvalue weighted by atomic mass is 9.98. The SMILES string of the molecule is CC1=C/C(=c2/ccc3c4c2ncc-4ccc2cnc[nH]n3-2)C=CC1=O. The van der Waals surface area contributed by atoms with Gasteiger partial charge in [0, 0.05) is 22.5 Å². The third-order valence-electron chi connectivity index (χ3n) is 4.66. The zero-order chi connectivity index (χ0) is 17.0. The van der Waals surface area contributed by atoms with Gasteiger partial charge in [0.15, 0.2) is 5.78 Å². The number of nitrogens with one attached hydrogen (secondary N) is 1. The second-order valence-corrected chi connectivity index (χ2v) is 6.18. The van der Waals surface area contributed by atoms with Gasteiger partial charge >= 0.3 is 0 Å². The molecule has 120 valence electrons. The number of carbonyl (C=O) groups is 1. The van der Waals surface area contributed by atoms with Crippen molar-refractivity contribution in [1.82, 2.24) is 19.7 Å². The summed E-state index contributed by atoms with van der Waals surface area (Å²) in [6, 6.07) is 8.22. The predicted molar refractivity (Wildman–Crippen MR) is 96.4 cm³/mol. The van der Waals surface area contributed by atoms with Gasteiger partial charge in [-0.25, -0.2) is 4.98 Å². The monoisotopic (exact) mass is 326 g/mol. The summed E-state index contributed by atoms with van der Waals surface area (Å²) in [6.45, 7) is 1.84. The number of ketones is 1. The molecule has 0 fully saturated rings. The van der Waals surface area contributed by atoms with E-state index in [0.717, 1.165) is 44.2 Å². The minimum atomic E-state index is 0.0557. The second-order valence-electron chi connectivity index (χ2n) is 6.18. The minimum Gasteiger partial charge on any atom is -0.290 e. The molecule has 0 radical (unpaired) electrons. The molecule has 3 heterocycles. The molecule has 4 aliphatic rings. The predicted octanol–water partition coefficient (Wildman–Crippen LogP) is 2.81. The smallest absolute Gasteiger partial charge is 0.181 e. The Morgan fingerprint density at radius 1 is 1.08 bits per heavy atom. The molecule has 25 heavy (non-hydrogen) atoms. The molecule has 1 aliphatic carbocycles. The zero-order valence-electron chi connectivity index (χ0n) is 13.5. The Labute approximate surface area is 143 Å². The average Bonchev–Trinajstić information content (AvgIpc) is 2.99. The van der Waals surface area contributed by atoms with Crippen molar-refractivity contribution >= 4 is 22.4 Å². The highest BCUT2D eigenvalue weighted by atomic mass is 16.1. The summed E-state index contributed by atoms with van der Waals surface area (Å²) in [5.41, 5.74) is 6.84. The number of hydrogen-bond acceptors (Lipinski definition) is 3. The number of carbonyl (C=O) groups excluding carboxylic acids is 1. The lowest BCUT2D eigenvalue weighted by Crippen LogP contribution is -2.11. The van der Waals surface area contributed by atoms with E-state index in [1.165, 1.54) is 0 Å². The molecule has 1 N–H and O–H groups in total. The van der Waals surface area contributed by atoms with Crippen molar-refractivity contribution in [1.29, 1.82) is 0 Å². The molecule has 0 amide bonds. The van der Waals surface area contributed by atoms with Gasteiger partial charge in [0.1, 0.15) is 6.33 Å². The van der Waals surface area contributed by atoms with Gasteiger partial charge in [-0.2, -0.15) is 0 Å². The molecule has 0 atom stereocenters. The van der Waals surface area contributed by atoms with E-state index in [9.17, 15) is 4.79 Å². The molecule has 0 spiro atoms. The third kappa shape index (κ3) is 1.99. The number of rotatable bonds is 0. The van der Waals surface area contributed by atoms with Crippen LogP contribution in [0, 0.1) is 0 Å². The van der Waals surface area contributed by atoms with Crippen molar-refractivity contribution in [2.24, 2.45) is 0 Å². The van der Waals surface area contributed by atoms with Crippen LogP contribution in [0.2, 0.25) is 0 Å². The molecule has 3 aliphatic heterocycles. The summed E-state index contributed by atoms with van der Waals surface area (Å²) in [6.07, 6.45) is 10.8. The Balaban J connectivity index is 1.93. The Bertz CT molecular complexity index is 1220. The van der Waals surface area contributed by atoms with Crippen molar-refractivity contribution in [3.63, 3.8) is 0 Å². The Morgan fingerprint density at radius 2 is 2.00 bits per heavy atom. The number of nitrogens with zero attached hydrogens (tertiary/aromatic N) is 3. The Morgan fingerprint density at radius 3 is 2.88 bits per heavy atom. The highest BCUT2D eigenvalue weighted by Crippen LogP contribution is 2.31. The first-order valence-corrected chi connectivity index (χ1v) is 8.05. The molecule has 0 saturated carbocycles. The molecule has 5 rings (SSSR count). The van der Waals surface area contributed by atoms with Crippen molar-refractivity contribution in [3.8, 4) is 16.8 Å². The number of fused-ring (bicyclic) bond motifs is 2. The number of aromatic amines is 1. The summed E-state index contributed by atoms with van der Waals surface area (Å²) in [5.74, 6) is 0.0557. The van der Waals surface area contributed by atoms with E-state index in [1.54, 1.807) is 12.4 Å². The van der Waals surface area contributed by atoms with E-state index in [4.69, 9.17) is 0 Å². The minimum absolute atomic E-state index is 0.0557. The van der Waals surface area contributed by atoms with Gasteiger partial charge < -0.3 is 0 Å². The molecule has 5 heteroatoms. The van der Waals surface area contributed by atoms with E-state index in [-0.39, 0.29) is 5.78 Å². The first-order chi connectivity index (χ1) is 12.2. The van der Waals surface area contributed by atoms with Crippen LogP contribution in [0.3, 0.4) is 0 Å². The normalized spacial score (nSPS) is 16.8. The Kier molecular flexibility index (Phi) is 2.79. The first-order valence-electron chi connectivity index (χ1n) is 8.05. The summed E-state index contributed by atoms with van der Waals surface area (Å²) < 4.78 is 2.00. The average molecular weight is 326 g/mol. The van der Waals surface area contributed by atoms with Crippen LogP contribution in [-0.4, -0.2) is 25.5 Å². The van der Waals surface area contributed by atoms with Gasteiger partial charge in [0.05, 0.1) is 22.9 Å². The fourth-order valence-electron chi connectivity index (χ4n) is 3.40. The van der Waals surface area contributed by atoms with Gasteiger partial charge in [-0.15, -0.1) is 0 Å². The van der Waals surface area contributed by atoms with Crippen molar-refractivity contribution < 1.29 is 4.79 Å². The van der Waals surface area contributed by atoms with E-state index in [1.807, 2.05) is 42.2 Å². The fraction of sp³-hybridized carbons (Fsp3) is 0.0500. The van der Waals surface area contributed by atoms with Crippen LogP contribution in [0.4, 0.5) is 0 Å². The molecule has 0 saturated heterocycles. The van der Waals surface area contributed by atoms with Gasteiger partial charge in [0.25, 0.3) is 0 Å². The number of hydrogen-bond donors (Lipinski definition) is 1. The van der Waals surface area contributed by atoms with E-state index >= 15 is 0 Å². The van der Waals surface area contributed by atoms with Gasteiger partial charge in [-0.1, -0.05) is 18.2 Å². The highest BCUT2D eigenvalue weighted by molar-refractivity contribution is 6.09. The molecule has 0 unspecified atom stereocenters.